The zero-order valence-electron chi connectivity index (χ0n) is 9.20. The highest BCUT2D eigenvalue weighted by Gasteiger charge is 1.96. The van der Waals surface area contributed by atoms with Gasteiger partial charge in [0.2, 0.25) is 0 Å². The lowest BCUT2D eigenvalue weighted by molar-refractivity contribution is 1.37. The first kappa shape index (κ1) is 9.97. The first-order valence-corrected chi connectivity index (χ1v) is 5.22. The minimum absolute atomic E-state index is 1.25. The van der Waals surface area contributed by atoms with E-state index in [-0.39, 0.29) is 0 Å². The van der Waals surface area contributed by atoms with Crippen molar-refractivity contribution in [1.82, 2.24) is 0 Å². The number of hydrogen-bond donors (Lipinski definition) is 0. The van der Waals surface area contributed by atoms with Crippen LogP contribution in [0.5, 0.6) is 0 Å². The van der Waals surface area contributed by atoms with E-state index in [1.54, 1.807) is 0 Å². The van der Waals surface area contributed by atoms with Crippen LogP contribution in [0.2, 0.25) is 0 Å². The third-order valence-electron chi connectivity index (χ3n) is 2.49. The van der Waals surface area contributed by atoms with E-state index in [9.17, 15) is 0 Å². The van der Waals surface area contributed by atoms with E-state index < -0.39 is 0 Å². The summed E-state index contributed by atoms with van der Waals surface area (Å²) in [4.78, 5) is 0. The molecule has 0 aliphatic carbocycles. The van der Waals surface area contributed by atoms with Gasteiger partial charge in [0.05, 0.1) is 0 Å². The minimum atomic E-state index is 1.25. The Balaban J connectivity index is 2.15. The third-order valence-corrected chi connectivity index (χ3v) is 2.49. The molecule has 0 aromatic heterocycles. The van der Waals surface area contributed by atoms with Crippen molar-refractivity contribution in [3.8, 4) is 0 Å². The highest BCUT2D eigenvalue weighted by atomic mass is 14.0. The van der Waals surface area contributed by atoms with Gasteiger partial charge in [0.25, 0.3) is 0 Å². The van der Waals surface area contributed by atoms with Crippen LogP contribution < -0.4 is 0 Å². The first-order chi connectivity index (χ1) is 7.24. The summed E-state index contributed by atoms with van der Waals surface area (Å²) in [6.45, 7) is 4.21. The molecule has 0 bridgehead atoms. The lowest BCUT2D eigenvalue weighted by Crippen LogP contribution is -1.85. The molecule has 0 N–H and O–H groups in total. The summed E-state index contributed by atoms with van der Waals surface area (Å²) in [5, 5.41) is 0. The minimum Gasteiger partial charge on any atom is -0.0590 e. The summed E-state index contributed by atoms with van der Waals surface area (Å²) in [6, 6.07) is 17.1. The largest absolute Gasteiger partial charge is 0.0590 e. The van der Waals surface area contributed by atoms with Gasteiger partial charge in [-0.2, -0.15) is 0 Å². The van der Waals surface area contributed by atoms with Crippen molar-refractivity contribution in [2.24, 2.45) is 0 Å². The predicted octanol–water partition coefficient (Wildman–Crippen LogP) is 3.90. The number of benzene rings is 2. The molecule has 15 heavy (non-hydrogen) atoms. The summed E-state index contributed by atoms with van der Waals surface area (Å²) in [7, 11) is 0. The van der Waals surface area contributed by atoms with Crippen LogP contribution >= 0.6 is 0 Å². The Morgan fingerprint density at radius 2 is 0.933 bits per heavy atom. The molecule has 0 fully saturated rings. The van der Waals surface area contributed by atoms with E-state index in [4.69, 9.17) is 0 Å². The van der Waals surface area contributed by atoms with Gasteiger partial charge in [-0.25, -0.2) is 0 Å². The normalized spacial score (nSPS) is 10.3. The second-order valence-corrected chi connectivity index (χ2v) is 3.97. The molecule has 0 amide bonds. The van der Waals surface area contributed by atoms with E-state index in [1.807, 2.05) is 0 Å². The Hall–Kier alpha value is -1.56. The van der Waals surface area contributed by atoms with Gasteiger partial charge >= 0.3 is 0 Å². The maximum absolute atomic E-state index is 2.19. The molecule has 2 aromatic rings. The Kier molecular flexibility index (Phi) is 2.86. The van der Waals surface area contributed by atoms with E-state index in [0.29, 0.717) is 0 Å². The Morgan fingerprint density at radius 1 is 0.600 bits per heavy atom. The van der Waals surface area contributed by atoms with Crippen LogP contribution in [0.3, 0.4) is 0 Å². The van der Waals surface area contributed by atoms with Crippen molar-refractivity contribution < 1.29 is 0 Å². The third kappa shape index (κ3) is 2.69. The van der Waals surface area contributed by atoms with Crippen LogP contribution in [-0.2, 0) is 0 Å². The monoisotopic (exact) mass is 195 g/mol. The average molecular weight is 195 g/mol. The summed E-state index contributed by atoms with van der Waals surface area (Å²) in [5.41, 5.74) is 5.11. The predicted molar refractivity (Wildman–Crippen MR) is 64.9 cm³/mol. The molecule has 0 saturated carbocycles. The molecule has 0 atom stereocenters. The number of hydrogen-bond acceptors (Lipinski definition) is 0. The molecule has 2 rings (SSSR count). The summed E-state index contributed by atoms with van der Waals surface area (Å²) in [6.07, 6.45) is 2.19. The van der Waals surface area contributed by atoms with E-state index >= 15 is 0 Å². The molecule has 75 valence electrons. The van der Waals surface area contributed by atoms with Gasteiger partial charge in [-0.3, -0.25) is 0 Å². The van der Waals surface area contributed by atoms with Gasteiger partial charge in [0, 0.05) is 6.42 Å². The van der Waals surface area contributed by atoms with Crippen molar-refractivity contribution in [2.45, 2.75) is 13.8 Å². The van der Waals surface area contributed by atoms with Crippen LogP contribution in [0.4, 0.5) is 0 Å². The van der Waals surface area contributed by atoms with Crippen molar-refractivity contribution in [1.29, 1.82) is 0 Å². The van der Waals surface area contributed by atoms with Gasteiger partial charge in [-0.05, 0) is 25.0 Å². The maximum Gasteiger partial charge on any atom is 0.0199 e. The summed E-state index contributed by atoms with van der Waals surface area (Å²) in [5.74, 6) is 0. The SMILES string of the molecule is Cc1ccc([CH]c2ccc(C)cc2)cc1. The van der Waals surface area contributed by atoms with E-state index in [2.05, 4.69) is 68.8 Å². The molecule has 0 heteroatoms. The maximum atomic E-state index is 2.19. The molecule has 0 nitrogen and oxygen atoms in total. The quantitative estimate of drug-likeness (QED) is 0.681. The first-order valence-electron chi connectivity index (χ1n) is 5.22. The highest BCUT2D eigenvalue weighted by Crippen LogP contribution is 2.13. The molecule has 0 unspecified atom stereocenters. The fraction of sp³-hybridized carbons (Fsp3) is 0.133. The van der Waals surface area contributed by atoms with Gasteiger partial charge in [-0.1, -0.05) is 59.7 Å². The zero-order valence-corrected chi connectivity index (χ0v) is 9.20. The summed E-state index contributed by atoms with van der Waals surface area (Å²) < 4.78 is 0. The van der Waals surface area contributed by atoms with Crippen LogP contribution in [0.25, 0.3) is 0 Å². The van der Waals surface area contributed by atoms with Gasteiger partial charge in [-0.15, -0.1) is 0 Å². The van der Waals surface area contributed by atoms with E-state index in [0.717, 1.165) is 0 Å². The smallest absolute Gasteiger partial charge is 0.0199 e. The number of rotatable bonds is 2. The van der Waals surface area contributed by atoms with Crippen LogP contribution in [0.1, 0.15) is 22.3 Å². The topological polar surface area (TPSA) is 0 Å². The second kappa shape index (κ2) is 4.31. The molecular weight excluding hydrogens is 180 g/mol. The van der Waals surface area contributed by atoms with Crippen molar-refractivity contribution in [3.63, 3.8) is 0 Å². The van der Waals surface area contributed by atoms with Crippen LogP contribution in [0, 0.1) is 20.3 Å². The lowest BCUT2D eigenvalue weighted by Gasteiger charge is -2.02. The molecular formula is C15H15. The molecule has 0 aliphatic heterocycles. The van der Waals surface area contributed by atoms with Gasteiger partial charge in [0.1, 0.15) is 0 Å². The Bertz CT molecular complexity index is 377. The molecule has 0 heterocycles. The molecule has 0 saturated heterocycles. The van der Waals surface area contributed by atoms with Gasteiger partial charge < -0.3 is 0 Å². The second-order valence-electron chi connectivity index (χ2n) is 3.97. The Morgan fingerprint density at radius 3 is 1.27 bits per heavy atom. The van der Waals surface area contributed by atoms with E-state index in [1.165, 1.54) is 22.3 Å². The fourth-order valence-corrected chi connectivity index (χ4v) is 1.52. The molecule has 0 aliphatic rings. The van der Waals surface area contributed by atoms with Crippen LogP contribution in [0.15, 0.2) is 48.5 Å². The van der Waals surface area contributed by atoms with Crippen LogP contribution in [-0.4, -0.2) is 0 Å². The summed E-state index contributed by atoms with van der Waals surface area (Å²) >= 11 is 0. The van der Waals surface area contributed by atoms with Crippen molar-refractivity contribution in [3.05, 3.63) is 77.2 Å². The van der Waals surface area contributed by atoms with Crippen molar-refractivity contribution >= 4 is 0 Å². The Labute approximate surface area is 91.6 Å². The van der Waals surface area contributed by atoms with Gasteiger partial charge in [0.15, 0.2) is 0 Å². The highest BCUT2D eigenvalue weighted by molar-refractivity contribution is 5.38. The van der Waals surface area contributed by atoms with Crippen molar-refractivity contribution in [2.75, 3.05) is 0 Å². The molecule has 1 radical (unpaired) electrons. The standard InChI is InChI=1S/C15H15/c1-12-3-7-14(8-4-12)11-15-9-5-13(2)6-10-15/h3-11H,1-2H3. The zero-order chi connectivity index (χ0) is 10.7. The molecule has 0 spiro atoms. The number of aryl methyl sites for hydroxylation is 2. The molecule has 2 aromatic carbocycles. The lowest BCUT2D eigenvalue weighted by atomic mass is 10.0. The average Bonchev–Trinajstić information content (AvgIpc) is 2.25. The fourth-order valence-electron chi connectivity index (χ4n) is 1.52.